The van der Waals surface area contributed by atoms with E-state index in [-0.39, 0.29) is 12.3 Å². The minimum Gasteiger partial charge on any atom is -0.467 e. The Hall–Kier alpha value is -2.35. The summed E-state index contributed by atoms with van der Waals surface area (Å²) in [6, 6.07) is 4.56. The molecule has 0 saturated heterocycles. The van der Waals surface area contributed by atoms with Crippen molar-refractivity contribution in [2.24, 2.45) is 0 Å². The van der Waals surface area contributed by atoms with E-state index in [1.165, 1.54) is 6.26 Å². The molecule has 2 N–H and O–H groups in total. The number of thioether (sulfide) groups is 1. The van der Waals surface area contributed by atoms with E-state index >= 15 is 0 Å². The van der Waals surface area contributed by atoms with Crippen molar-refractivity contribution in [3.8, 4) is 0 Å². The van der Waals surface area contributed by atoms with Crippen molar-refractivity contribution in [1.29, 1.82) is 0 Å². The van der Waals surface area contributed by atoms with Crippen molar-refractivity contribution in [1.82, 2.24) is 20.6 Å². The summed E-state index contributed by atoms with van der Waals surface area (Å²) in [5.41, 5.74) is 0. The predicted molar refractivity (Wildman–Crippen MR) is 71.8 cm³/mol. The molecule has 0 aliphatic heterocycles. The summed E-state index contributed by atoms with van der Waals surface area (Å²) in [4.78, 5) is 30.9. The van der Waals surface area contributed by atoms with Crippen LogP contribution in [0.2, 0.25) is 0 Å². The molecule has 0 fully saturated rings. The molecule has 0 unspecified atom stereocenters. The first-order valence-electron chi connectivity index (χ1n) is 5.74. The summed E-state index contributed by atoms with van der Waals surface area (Å²) in [5, 5.41) is 5.20. The highest BCUT2D eigenvalue weighted by molar-refractivity contribution is 7.99. The molecule has 0 aliphatic rings. The Labute approximate surface area is 119 Å². The van der Waals surface area contributed by atoms with Crippen LogP contribution < -0.4 is 10.6 Å². The number of nitrogens with one attached hydrogen (secondary N) is 2. The van der Waals surface area contributed by atoms with Crippen LogP contribution in [0.5, 0.6) is 0 Å². The number of imide groups is 1. The van der Waals surface area contributed by atoms with Crippen LogP contribution in [0.1, 0.15) is 5.76 Å². The van der Waals surface area contributed by atoms with E-state index in [0.717, 1.165) is 11.8 Å². The quantitative estimate of drug-likeness (QED) is 0.634. The highest BCUT2D eigenvalue weighted by Gasteiger charge is 2.09. The molecule has 7 nitrogen and oxygen atoms in total. The zero-order chi connectivity index (χ0) is 14.2. The van der Waals surface area contributed by atoms with E-state index in [0.29, 0.717) is 10.9 Å². The number of rotatable bonds is 5. The van der Waals surface area contributed by atoms with Crippen LogP contribution in [-0.4, -0.2) is 27.7 Å². The Kier molecular flexibility index (Phi) is 5.13. The summed E-state index contributed by atoms with van der Waals surface area (Å²) in [5.74, 6) is 0.261. The molecule has 0 aromatic carbocycles. The van der Waals surface area contributed by atoms with Gasteiger partial charge in [0.05, 0.1) is 18.6 Å². The summed E-state index contributed by atoms with van der Waals surface area (Å²) in [6.07, 6.45) is 4.68. The van der Waals surface area contributed by atoms with Crippen molar-refractivity contribution in [2.75, 3.05) is 5.75 Å². The lowest BCUT2D eigenvalue weighted by Crippen LogP contribution is -2.39. The lowest BCUT2D eigenvalue weighted by atomic mass is 10.4. The minimum atomic E-state index is -0.569. The molecule has 2 aromatic rings. The van der Waals surface area contributed by atoms with Gasteiger partial charge in [0.1, 0.15) is 5.76 Å². The number of aromatic nitrogens is 2. The van der Waals surface area contributed by atoms with E-state index in [4.69, 9.17) is 4.42 Å². The van der Waals surface area contributed by atoms with Gasteiger partial charge in [-0.15, -0.1) is 0 Å². The average Bonchev–Trinajstić information content (AvgIpc) is 2.97. The van der Waals surface area contributed by atoms with Gasteiger partial charge in [0, 0.05) is 12.4 Å². The number of carbonyl (C=O) groups excluding carboxylic acids is 2. The first-order valence-corrected chi connectivity index (χ1v) is 6.72. The molecule has 8 heteroatoms. The molecule has 0 spiro atoms. The second-order valence-electron chi connectivity index (χ2n) is 3.63. The Morgan fingerprint density at radius 1 is 1.25 bits per heavy atom. The number of hydrogen-bond acceptors (Lipinski definition) is 6. The highest BCUT2D eigenvalue weighted by atomic mass is 32.2. The fourth-order valence-corrected chi connectivity index (χ4v) is 1.88. The molecule has 0 aliphatic carbocycles. The van der Waals surface area contributed by atoms with Crippen LogP contribution in [-0.2, 0) is 11.3 Å². The Balaban J connectivity index is 1.67. The minimum absolute atomic E-state index is 0.0676. The molecule has 2 heterocycles. The standard InChI is InChI=1S/C12H12N4O3S/c17-10(8-20-12-13-4-2-5-14-12)16-11(18)15-7-9-3-1-6-19-9/h1-6H,7-8H2,(H2,15,16,17,18). The van der Waals surface area contributed by atoms with Crippen LogP contribution in [0.25, 0.3) is 0 Å². The van der Waals surface area contributed by atoms with Crippen LogP contribution >= 0.6 is 11.8 Å². The molecule has 0 bridgehead atoms. The van der Waals surface area contributed by atoms with Gasteiger partial charge in [-0.2, -0.15) is 0 Å². The maximum atomic E-state index is 11.5. The summed E-state index contributed by atoms with van der Waals surface area (Å²) >= 11 is 1.15. The fourth-order valence-electron chi connectivity index (χ4n) is 1.28. The third-order valence-corrected chi connectivity index (χ3v) is 3.01. The zero-order valence-corrected chi connectivity index (χ0v) is 11.2. The first-order chi connectivity index (χ1) is 9.74. The molecule has 2 rings (SSSR count). The Bertz CT molecular complexity index is 559. The first kappa shape index (κ1) is 14.1. The average molecular weight is 292 g/mol. The molecule has 3 amide bonds. The SMILES string of the molecule is O=C(CSc1ncccn1)NC(=O)NCc1ccco1. The third-order valence-electron chi connectivity index (χ3n) is 2.13. The normalized spacial score (nSPS) is 10.0. The van der Waals surface area contributed by atoms with E-state index in [1.807, 2.05) is 0 Å². The summed E-state index contributed by atoms with van der Waals surface area (Å²) in [7, 11) is 0. The Morgan fingerprint density at radius 2 is 2.05 bits per heavy atom. The summed E-state index contributed by atoms with van der Waals surface area (Å²) in [6.45, 7) is 0.223. The van der Waals surface area contributed by atoms with Gasteiger partial charge in [0.2, 0.25) is 5.91 Å². The second kappa shape index (κ2) is 7.29. The lowest BCUT2D eigenvalue weighted by molar-refractivity contribution is -0.117. The number of urea groups is 1. The molecule has 20 heavy (non-hydrogen) atoms. The van der Waals surface area contributed by atoms with Gasteiger partial charge in [0.15, 0.2) is 5.16 Å². The molecule has 0 saturated carbocycles. The van der Waals surface area contributed by atoms with Gasteiger partial charge < -0.3 is 9.73 Å². The number of carbonyl (C=O) groups is 2. The van der Waals surface area contributed by atoms with Crippen molar-refractivity contribution < 1.29 is 14.0 Å². The van der Waals surface area contributed by atoms with Crippen molar-refractivity contribution in [3.63, 3.8) is 0 Å². The number of nitrogens with zero attached hydrogens (tertiary/aromatic N) is 2. The maximum Gasteiger partial charge on any atom is 0.321 e. The zero-order valence-electron chi connectivity index (χ0n) is 10.4. The van der Waals surface area contributed by atoms with Crippen molar-refractivity contribution in [3.05, 3.63) is 42.6 Å². The van der Waals surface area contributed by atoms with E-state index in [9.17, 15) is 9.59 Å². The summed E-state index contributed by atoms with van der Waals surface area (Å²) < 4.78 is 5.05. The molecular formula is C12H12N4O3S. The lowest BCUT2D eigenvalue weighted by Gasteiger charge is -2.04. The van der Waals surface area contributed by atoms with Crippen LogP contribution in [0.3, 0.4) is 0 Å². The number of furan rings is 1. The van der Waals surface area contributed by atoms with Crippen molar-refractivity contribution >= 4 is 23.7 Å². The van der Waals surface area contributed by atoms with Crippen LogP contribution in [0.15, 0.2) is 46.4 Å². The van der Waals surface area contributed by atoms with Gasteiger partial charge in [-0.25, -0.2) is 14.8 Å². The predicted octanol–water partition coefficient (Wildman–Crippen LogP) is 1.19. The van der Waals surface area contributed by atoms with Crippen LogP contribution in [0, 0.1) is 0 Å². The van der Waals surface area contributed by atoms with Gasteiger partial charge in [-0.3, -0.25) is 10.1 Å². The van der Waals surface area contributed by atoms with Gasteiger partial charge >= 0.3 is 6.03 Å². The van der Waals surface area contributed by atoms with Gasteiger partial charge in [-0.1, -0.05) is 11.8 Å². The van der Waals surface area contributed by atoms with Crippen LogP contribution in [0.4, 0.5) is 4.79 Å². The van der Waals surface area contributed by atoms with E-state index in [1.54, 1.807) is 30.6 Å². The fraction of sp³-hybridized carbons (Fsp3) is 0.167. The molecule has 0 radical (unpaired) electrons. The monoisotopic (exact) mass is 292 g/mol. The third kappa shape index (κ3) is 4.73. The number of hydrogen-bond donors (Lipinski definition) is 2. The topological polar surface area (TPSA) is 97.1 Å². The smallest absolute Gasteiger partial charge is 0.321 e. The highest BCUT2D eigenvalue weighted by Crippen LogP contribution is 2.09. The second-order valence-corrected chi connectivity index (χ2v) is 4.57. The molecular weight excluding hydrogens is 280 g/mol. The van der Waals surface area contributed by atoms with Gasteiger partial charge in [0.25, 0.3) is 0 Å². The van der Waals surface area contributed by atoms with E-state index in [2.05, 4.69) is 20.6 Å². The number of amides is 3. The molecule has 0 atom stereocenters. The van der Waals surface area contributed by atoms with Gasteiger partial charge in [-0.05, 0) is 18.2 Å². The maximum absolute atomic E-state index is 11.5. The Morgan fingerprint density at radius 3 is 2.75 bits per heavy atom. The van der Waals surface area contributed by atoms with Crippen molar-refractivity contribution in [2.45, 2.75) is 11.7 Å². The molecule has 2 aromatic heterocycles. The molecule has 104 valence electrons. The van der Waals surface area contributed by atoms with E-state index < -0.39 is 11.9 Å². The largest absolute Gasteiger partial charge is 0.467 e.